The number of carbonyl (C=O) groups excluding carboxylic acids is 1. The Morgan fingerprint density at radius 1 is 1.41 bits per heavy atom. The molecule has 1 atom stereocenters. The molecular weight excluding hydrogens is 319 g/mol. The number of hydrogen-bond acceptors (Lipinski definition) is 5. The van der Waals surface area contributed by atoms with Crippen LogP contribution in [0, 0.1) is 0 Å². The zero-order valence-electron chi connectivity index (χ0n) is 11.5. The lowest BCUT2D eigenvalue weighted by molar-refractivity contribution is -0.134. The highest BCUT2D eigenvalue weighted by molar-refractivity contribution is 7.15. The topological polar surface area (TPSA) is 63.1 Å². The van der Waals surface area contributed by atoms with Crippen molar-refractivity contribution in [2.75, 3.05) is 16.8 Å². The number of amides is 1. The van der Waals surface area contributed by atoms with Crippen molar-refractivity contribution in [3.05, 3.63) is 23.5 Å². The SMILES string of the molecule is Cn1cc(N2CCC(Nc3ncc(C(F)(F)F)s3)C2=O)cn1. The van der Waals surface area contributed by atoms with Gasteiger partial charge in [-0.15, -0.1) is 0 Å². The van der Waals surface area contributed by atoms with E-state index in [1.54, 1.807) is 29.0 Å². The summed E-state index contributed by atoms with van der Waals surface area (Å²) in [5.74, 6) is -0.197. The van der Waals surface area contributed by atoms with E-state index >= 15 is 0 Å². The second kappa shape index (κ2) is 5.27. The molecule has 3 heterocycles. The summed E-state index contributed by atoms with van der Waals surface area (Å²) in [6.07, 6.45) is 0.135. The molecule has 1 aliphatic heterocycles. The zero-order chi connectivity index (χ0) is 15.9. The molecule has 2 aromatic heterocycles. The average molecular weight is 331 g/mol. The highest BCUT2D eigenvalue weighted by Gasteiger charge is 2.36. The number of carbonyl (C=O) groups is 1. The Bertz CT molecular complexity index is 695. The monoisotopic (exact) mass is 331 g/mol. The lowest BCUT2D eigenvalue weighted by atomic mass is 10.2. The lowest BCUT2D eigenvalue weighted by Gasteiger charge is -2.14. The highest BCUT2D eigenvalue weighted by atomic mass is 32.1. The van der Waals surface area contributed by atoms with Gasteiger partial charge < -0.3 is 10.2 Å². The van der Waals surface area contributed by atoms with Gasteiger partial charge in [-0.05, 0) is 6.42 Å². The van der Waals surface area contributed by atoms with Crippen LogP contribution in [0.4, 0.5) is 24.0 Å². The molecular formula is C12H12F3N5OS. The van der Waals surface area contributed by atoms with Crippen molar-refractivity contribution in [2.45, 2.75) is 18.6 Å². The van der Waals surface area contributed by atoms with E-state index in [4.69, 9.17) is 0 Å². The summed E-state index contributed by atoms with van der Waals surface area (Å²) in [5, 5.41) is 6.88. The molecule has 1 unspecified atom stereocenters. The number of nitrogens with zero attached hydrogens (tertiary/aromatic N) is 4. The predicted molar refractivity (Wildman–Crippen MR) is 74.7 cm³/mol. The zero-order valence-corrected chi connectivity index (χ0v) is 12.3. The normalized spacial score (nSPS) is 19.0. The fraction of sp³-hybridized carbons (Fsp3) is 0.417. The van der Waals surface area contributed by atoms with Gasteiger partial charge >= 0.3 is 6.18 Å². The van der Waals surface area contributed by atoms with Crippen molar-refractivity contribution in [1.82, 2.24) is 14.8 Å². The molecule has 0 aromatic carbocycles. The van der Waals surface area contributed by atoms with Gasteiger partial charge in [-0.2, -0.15) is 18.3 Å². The van der Waals surface area contributed by atoms with Gasteiger partial charge in [-0.1, -0.05) is 11.3 Å². The quantitative estimate of drug-likeness (QED) is 0.936. The van der Waals surface area contributed by atoms with Crippen molar-refractivity contribution in [3.8, 4) is 0 Å². The van der Waals surface area contributed by atoms with E-state index in [0.29, 0.717) is 30.0 Å². The van der Waals surface area contributed by atoms with Gasteiger partial charge in [-0.3, -0.25) is 9.48 Å². The van der Waals surface area contributed by atoms with Crippen LogP contribution in [-0.2, 0) is 18.0 Å². The third-order valence-electron chi connectivity index (χ3n) is 3.29. The molecule has 2 aromatic rings. The van der Waals surface area contributed by atoms with Gasteiger partial charge in [0.25, 0.3) is 0 Å². The number of rotatable bonds is 3. The fourth-order valence-electron chi connectivity index (χ4n) is 2.24. The molecule has 1 fully saturated rings. The molecule has 0 bridgehead atoms. The van der Waals surface area contributed by atoms with Crippen molar-refractivity contribution in [2.24, 2.45) is 7.05 Å². The Kier molecular flexibility index (Phi) is 3.55. The van der Waals surface area contributed by atoms with Crippen LogP contribution in [0.15, 0.2) is 18.6 Å². The van der Waals surface area contributed by atoms with Gasteiger partial charge in [0.1, 0.15) is 10.9 Å². The number of nitrogens with one attached hydrogen (secondary N) is 1. The van der Waals surface area contributed by atoms with E-state index in [-0.39, 0.29) is 11.0 Å². The summed E-state index contributed by atoms with van der Waals surface area (Å²) in [7, 11) is 1.74. The minimum atomic E-state index is -4.42. The van der Waals surface area contributed by atoms with Gasteiger partial charge in [0.05, 0.1) is 18.1 Å². The summed E-state index contributed by atoms with van der Waals surface area (Å²) >= 11 is 0.495. The molecule has 3 rings (SSSR count). The molecule has 0 spiro atoms. The average Bonchev–Trinajstić information content (AvgIpc) is 3.12. The maximum atomic E-state index is 12.5. The molecule has 10 heteroatoms. The molecule has 0 radical (unpaired) electrons. The summed E-state index contributed by atoms with van der Waals surface area (Å²) < 4.78 is 39.2. The summed E-state index contributed by atoms with van der Waals surface area (Å²) in [6.45, 7) is 0.486. The number of anilines is 2. The van der Waals surface area contributed by atoms with E-state index in [1.807, 2.05) is 0 Å². The smallest absolute Gasteiger partial charge is 0.350 e. The first-order valence-corrected chi connectivity index (χ1v) is 7.26. The Balaban J connectivity index is 1.69. The maximum absolute atomic E-state index is 12.5. The molecule has 6 nitrogen and oxygen atoms in total. The van der Waals surface area contributed by atoms with E-state index in [2.05, 4.69) is 15.4 Å². The third kappa shape index (κ3) is 2.78. The second-order valence-electron chi connectivity index (χ2n) is 4.88. The first-order chi connectivity index (χ1) is 10.3. The fourth-order valence-corrected chi connectivity index (χ4v) is 2.97. The van der Waals surface area contributed by atoms with Crippen LogP contribution in [0.3, 0.4) is 0 Å². The van der Waals surface area contributed by atoms with Crippen LogP contribution in [0.5, 0.6) is 0 Å². The van der Waals surface area contributed by atoms with Crippen LogP contribution in [0.1, 0.15) is 11.3 Å². The number of thiazole rings is 1. The van der Waals surface area contributed by atoms with Crippen molar-refractivity contribution < 1.29 is 18.0 Å². The largest absolute Gasteiger partial charge is 0.427 e. The van der Waals surface area contributed by atoms with Gasteiger partial charge in [-0.25, -0.2) is 4.98 Å². The number of aromatic nitrogens is 3. The van der Waals surface area contributed by atoms with Gasteiger partial charge in [0, 0.05) is 19.8 Å². The van der Waals surface area contributed by atoms with E-state index in [0.717, 1.165) is 6.20 Å². The predicted octanol–water partition coefficient (Wildman–Crippen LogP) is 2.11. The molecule has 1 amide bonds. The molecule has 0 aliphatic carbocycles. The molecule has 22 heavy (non-hydrogen) atoms. The Hall–Kier alpha value is -2.10. The minimum Gasteiger partial charge on any atom is -0.350 e. The summed E-state index contributed by atoms with van der Waals surface area (Å²) in [6, 6.07) is -0.576. The number of alkyl halides is 3. The van der Waals surface area contributed by atoms with Gasteiger partial charge in [0.15, 0.2) is 5.13 Å². The van der Waals surface area contributed by atoms with Crippen LogP contribution in [-0.4, -0.2) is 33.3 Å². The van der Waals surface area contributed by atoms with Gasteiger partial charge in [0.2, 0.25) is 5.91 Å². The highest BCUT2D eigenvalue weighted by Crippen LogP contribution is 2.35. The number of aryl methyl sites for hydroxylation is 1. The first kappa shape index (κ1) is 14.8. The standard InChI is InChI=1S/C12H12F3N5OS/c1-19-6-7(4-17-19)20-3-2-8(10(20)21)18-11-16-5-9(22-11)12(13,14)15/h4-6,8H,2-3H2,1H3,(H,16,18). The minimum absolute atomic E-state index is 0.0960. The maximum Gasteiger partial charge on any atom is 0.427 e. The third-order valence-corrected chi connectivity index (χ3v) is 4.26. The Morgan fingerprint density at radius 2 is 2.18 bits per heavy atom. The van der Waals surface area contributed by atoms with Crippen LogP contribution in [0.2, 0.25) is 0 Å². The Labute approximate surface area is 127 Å². The van der Waals surface area contributed by atoms with Crippen LogP contribution >= 0.6 is 11.3 Å². The molecule has 118 valence electrons. The second-order valence-corrected chi connectivity index (χ2v) is 5.91. The first-order valence-electron chi connectivity index (χ1n) is 6.44. The number of hydrogen-bond donors (Lipinski definition) is 1. The lowest BCUT2D eigenvalue weighted by Crippen LogP contribution is -2.33. The van der Waals surface area contributed by atoms with Crippen molar-refractivity contribution in [3.63, 3.8) is 0 Å². The van der Waals surface area contributed by atoms with Crippen molar-refractivity contribution >= 4 is 28.1 Å². The van der Waals surface area contributed by atoms with Crippen LogP contribution < -0.4 is 10.2 Å². The van der Waals surface area contributed by atoms with Crippen LogP contribution in [0.25, 0.3) is 0 Å². The molecule has 1 aliphatic rings. The Morgan fingerprint density at radius 3 is 2.77 bits per heavy atom. The molecule has 1 N–H and O–H groups in total. The molecule has 0 saturated carbocycles. The van der Waals surface area contributed by atoms with E-state index < -0.39 is 17.1 Å². The summed E-state index contributed by atoms with van der Waals surface area (Å²) in [5.41, 5.74) is 0.673. The van der Waals surface area contributed by atoms with E-state index in [1.165, 1.54) is 0 Å². The van der Waals surface area contributed by atoms with E-state index in [9.17, 15) is 18.0 Å². The number of halogens is 3. The summed E-state index contributed by atoms with van der Waals surface area (Å²) in [4.78, 5) is 16.8. The van der Waals surface area contributed by atoms with Crippen molar-refractivity contribution in [1.29, 1.82) is 0 Å². The molecule has 1 saturated heterocycles.